The zero-order valence-corrected chi connectivity index (χ0v) is 7.30. The fourth-order valence-corrected chi connectivity index (χ4v) is 0.886. The average molecular weight is 214 g/mol. The number of anilines is 1. The van der Waals surface area contributed by atoms with Crippen LogP contribution >= 0.6 is 0 Å². The molecule has 1 amide bonds. The summed E-state index contributed by atoms with van der Waals surface area (Å²) in [4.78, 5) is 10.6. The minimum absolute atomic E-state index is 0.0433. The number of carbonyl (C=O) groups is 1. The third-order valence-electron chi connectivity index (χ3n) is 1.55. The number of hydrogen-bond donors (Lipinski definition) is 1. The van der Waals surface area contributed by atoms with Gasteiger partial charge in [0.1, 0.15) is 11.9 Å². The van der Waals surface area contributed by atoms with Gasteiger partial charge in [-0.05, 0) is 18.2 Å². The lowest BCUT2D eigenvalue weighted by Crippen LogP contribution is -2.20. The molecule has 78 valence electrons. The zero-order valence-electron chi connectivity index (χ0n) is 7.30. The summed E-state index contributed by atoms with van der Waals surface area (Å²) in [5.74, 6) is -2.27. The number of alkyl halides is 2. The van der Waals surface area contributed by atoms with Crippen LogP contribution in [-0.4, -0.2) is 12.3 Å². The number of rotatable bonds is 2. The Hall–Kier alpha value is -2.03. The Morgan fingerprint density at radius 2 is 2.13 bits per heavy atom. The molecule has 0 atom stereocenters. The molecule has 0 saturated heterocycles. The molecule has 0 saturated carbocycles. The molecule has 1 aromatic rings. The Labute approximate surface area is 83.1 Å². The molecule has 0 aliphatic heterocycles. The molecule has 0 fully saturated rings. The smallest absolute Gasteiger partial charge is 0.315 e. The van der Waals surface area contributed by atoms with E-state index in [9.17, 15) is 18.0 Å². The lowest BCUT2D eigenvalue weighted by atomic mass is 10.2. The second-order valence-corrected chi connectivity index (χ2v) is 2.60. The van der Waals surface area contributed by atoms with Crippen LogP contribution in [0.25, 0.3) is 0 Å². The minimum atomic E-state index is -3.15. The molecule has 0 unspecified atom stereocenters. The van der Waals surface area contributed by atoms with Crippen molar-refractivity contribution in [1.29, 1.82) is 5.26 Å². The number of nitrogens with zero attached hydrogens (tertiary/aromatic N) is 1. The molecule has 1 N–H and O–H groups in total. The number of benzene rings is 1. The van der Waals surface area contributed by atoms with E-state index in [0.29, 0.717) is 0 Å². The van der Waals surface area contributed by atoms with Gasteiger partial charge in [0, 0.05) is 5.69 Å². The van der Waals surface area contributed by atoms with E-state index in [0.717, 1.165) is 18.2 Å². The van der Waals surface area contributed by atoms with Crippen LogP contribution in [0.15, 0.2) is 18.2 Å². The first-order valence-electron chi connectivity index (χ1n) is 3.83. The van der Waals surface area contributed by atoms with Gasteiger partial charge in [-0.3, -0.25) is 4.79 Å². The van der Waals surface area contributed by atoms with Crippen LogP contribution in [0.1, 0.15) is 5.56 Å². The first-order valence-corrected chi connectivity index (χ1v) is 3.83. The quantitative estimate of drug-likeness (QED) is 0.817. The summed E-state index contributed by atoms with van der Waals surface area (Å²) in [7, 11) is 0. The van der Waals surface area contributed by atoms with Gasteiger partial charge in [-0.1, -0.05) is 0 Å². The van der Waals surface area contributed by atoms with Crippen molar-refractivity contribution in [2.24, 2.45) is 0 Å². The van der Waals surface area contributed by atoms with Crippen molar-refractivity contribution < 1.29 is 18.0 Å². The van der Waals surface area contributed by atoms with Crippen molar-refractivity contribution in [2.75, 3.05) is 5.32 Å². The van der Waals surface area contributed by atoms with Gasteiger partial charge < -0.3 is 5.32 Å². The van der Waals surface area contributed by atoms with E-state index in [-0.39, 0.29) is 11.3 Å². The van der Waals surface area contributed by atoms with E-state index in [1.165, 1.54) is 6.07 Å². The lowest BCUT2D eigenvalue weighted by molar-refractivity contribution is -0.126. The Balaban J connectivity index is 2.89. The van der Waals surface area contributed by atoms with Crippen molar-refractivity contribution >= 4 is 11.6 Å². The standard InChI is InChI=1S/C9H5F3N2O/c10-7-2-1-6(3-5(7)4-13)14-9(15)8(11)12/h1-3,8H,(H,14,15). The Kier molecular flexibility index (Phi) is 3.29. The molecule has 0 aliphatic rings. The Morgan fingerprint density at radius 3 is 2.67 bits per heavy atom. The summed E-state index contributed by atoms with van der Waals surface area (Å²) in [6, 6.07) is 4.52. The second kappa shape index (κ2) is 4.46. The largest absolute Gasteiger partial charge is 0.321 e. The van der Waals surface area contributed by atoms with Crippen molar-refractivity contribution in [3.8, 4) is 6.07 Å². The minimum Gasteiger partial charge on any atom is -0.321 e. The van der Waals surface area contributed by atoms with Crippen molar-refractivity contribution in [3.05, 3.63) is 29.6 Å². The molecule has 6 heteroatoms. The third-order valence-corrected chi connectivity index (χ3v) is 1.55. The Bertz CT molecular complexity index is 426. The average Bonchev–Trinajstić information content (AvgIpc) is 2.20. The molecular weight excluding hydrogens is 209 g/mol. The second-order valence-electron chi connectivity index (χ2n) is 2.60. The summed E-state index contributed by atoms with van der Waals surface area (Å²) in [6.07, 6.45) is -3.15. The van der Waals surface area contributed by atoms with Crippen LogP contribution in [-0.2, 0) is 4.79 Å². The molecule has 1 rings (SSSR count). The molecule has 0 spiro atoms. The predicted octanol–water partition coefficient (Wildman–Crippen LogP) is 1.90. The van der Waals surface area contributed by atoms with E-state index in [2.05, 4.69) is 0 Å². The third kappa shape index (κ3) is 2.71. The van der Waals surface area contributed by atoms with Crippen LogP contribution in [0.4, 0.5) is 18.9 Å². The number of hydrogen-bond acceptors (Lipinski definition) is 2. The summed E-state index contributed by atoms with van der Waals surface area (Å²) < 4.78 is 36.4. The maximum atomic E-state index is 12.8. The first kappa shape index (κ1) is 11.0. The van der Waals surface area contributed by atoms with Crippen molar-refractivity contribution in [2.45, 2.75) is 6.43 Å². The van der Waals surface area contributed by atoms with E-state index in [1.54, 1.807) is 0 Å². The number of nitriles is 1. The van der Waals surface area contributed by atoms with E-state index < -0.39 is 18.1 Å². The van der Waals surface area contributed by atoms with Gasteiger partial charge in [0.15, 0.2) is 0 Å². The normalized spacial score (nSPS) is 9.80. The monoisotopic (exact) mass is 214 g/mol. The fraction of sp³-hybridized carbons (Fsp3) is 0.111. The molecule has 3 nitrogen and oxygen atoms in total. The van der Waals surface area contributed by atoms with Crippen LogP contribution in [0, 0.1) is 17.1 Å². The maximum Gasteiger partial charge on any atom is 0.315 e. The summed E-state index contributed by atoms with van der Waals surface area (Å²) in [6.45, 7) is 0. The summed E-state index contributed by atoms with van der Waals surface area (Å²) in [5.41, 5.74) is -0.361. The molecule has 0 radical (unpaired) electrons. The highest BCUT2D eigenvalue weighted by molar-refractivity contribution is 5.93. The molecule has 0 aliphatic carbocycles. The van der Waals surface area contributed by atoms with Gasteiger partial charge in [0.05, 0.1) is 5.56 Å². The van der Waals surface area contributed by atoms with Gasteiger partial charge >= 0.3 is 6.43 Å². The molecule has 1 aromatic carbocycles. The molecule has 0 heterocycles. The highest BCUT2D eigenvalue weighted by Gasteiger charge is 2.15. The van der Waals surface area contributed by atoms with Crippen LogP contribution in [0.2, 0.25) is 0 Å². The van der Waals surface area contributed by atoms with Crippen LogP contribution < -0.4 is 5.32 Å². The summed E-state index contributed by atoms with van der Waals surface area (Å²) in [5, 5.41) is 10.3. The number of carbonyl (C=O) groups excluding carboxylic acids is 1. The highest BCUT2D eigenvalue weighted by atomic mass is 19.3. The molecule has 0 bridgehead atoms. The van der Waals surface area contributed by atoms with Gasteiger partial charge in [-0.25, -0.2) is 4.39 Å². The lowest BCUT2D eigenvalue weighted by Gasteiger charge is -2.04. The number of amides is 1. The van der Waals surface area contributed by atoms with Gasteiger partial charge in [-0.15, -0.1) is 0 Å². The number of halogens is 3. The highest BCUT2D eigenvalue weighted by Crippen LogP contribution is 2.14. The first-order chi connectivity index (χ1) is 7.04. The van der Waals surface area contributed by atoms with Crippen molar-refractivity contribution in [1.82, 2.24) is 0 Å². The summed E-state index contributed by atoms with van der Waals surface area (Å²) >= 11 is 0. The van der Waals surface area contributed by atoms with Crippen molar-refractivity contribution in [3.63, 3.8) is 0 Å². The van der Waals surface area contributed by atoms with E-state index >= 15 is 0 Å². The van der Waals surface area contributed by atoms with Gasteiger partial charge in [0.2, 0.25) is 0 Å². The van der Waals surface area contributed by atoms with E-state index in [4.69, 9.17) is 5.26 Å². The molecular formula is C9H5F3N2O. The Morgan fingerprint density at radius 1 is 1.47 bits per heavy atom. The van der Waals surface area contributed by atoms with Crippen LogP contribution in [0.3, 0.4) is 0 Å². The molecule has 15 heavy (non-hydrogen) atoms. The fourth-order valence-electron chi connectivity index (χ4n) is 0.886. The topological polar surface area (TPSA) is 52.9 Å². The molecule has 0 aromatic heterocycles. The van der Waals surface area contributed by atoms with Gasteiger partial charge in [-0.2, -0.15) is 14.0 Å². The number of nitrogens with one attached hydrogen (secondary N) is 1. The zero-order chi connectivity index (χ0) is 11.4. The van der Waals surface area contributed by atoms with E-state index in [1.807, 2.05) is 5.32 Å². The predicted molar refractivity (Wildman–Crippen MR) is 45.7 cm³/mol. The van der Waals surface area contributed by atoms with Gasteiger partial charge in [0.25, 0.3) is 5.91 Å². The maximum absolute atomic E-state index is 12.8. The van der Waals surface area contributed by atoms with Crippen LogP contribution in [0.5, 0.6) is 0 Å². The SMILES string of the molecule is N#Cc1cc(NC(=O)C(F)F)ccc1F.